The monoisotopic (exact) mass is 471 g/mol. The summed E-state index contributed by atoms with van der Waals surface area (Å²) in [5, 5.41) is 0.236. The van der Waals surface area contributed by atoms with Crippen molar-refractivity contribution in [3.63, 3.8) is 0 Å². The van der Waals surface area contributed by atoms with Crippen molar-refractivity contribution in [3.05, 3.63) is 59.2 Å². The molecule has 0 aliphatic carbocycles. The molecule has 0 saturated carbocycles. The van der Waals surface area contributed by atoms with Gasteiger partial charge in [-0.05, 0) is 12.1 Å². The van der Waals surface area contributed by atoms with Gasteiger partial charge in [-0.3, -0.25) is 4.55 Å². The van der Waals surface area contributed by atoms with Gasteiger partial charge in [0, 0.05) is 17.2 Å². The van der Waals surface area contributed by atoms with Crippen molar-refractivity contribution in [1.29, 1.82) is 0 Å². The maximum atomic E-state index is 12.7. The highest BCUT2D eigenvalue weighted by atomic mass is 32.2. The molecule has 152 valence electrons. The molecule has 29 heavy (non-hydrogen) atoms. The summed E-state index contributed by atoms with van der Waals surface area (Å²) in [7, 11) is -9.03. The maximum Gasteiger partial charge on any atom is 0.318 e. The smallest absolute Gasteiger partial charge is 0.315 e. The molecule has 0 unspecified atom stereocenters. The fraction of sp³-hybridized carbons (Fsp3) is 0. The van der Waals surface area contributed by atoms with Crippen LogP contribution in [-0.4, -0.2) is 31.4 Å². The Bertz CT molecular complexity index is 1340. The summed E-state index contributed by atoms with van der Waals surface area (Å²) in [4.78, 5) is 5.71. The number of aromatic amines is 1. The summed E-state index contributed by atoms with van der Waals surface area (Å²) in [6.45, 7) is 0. The molecule has 1 heterocycles. The molecule has 0 bridgehead atoms. The van der Waals surface area contributed by atoms with Gasteiger partial charge in [0.1, 0.15) is 14.4 Å². The summed E-state index contributed by atoms with van der Waals surface area (Å²) >= 11 is 8.99. The van der Waals surface area contributed by atoms with Gasteiger partial charge in [-0.15, -0.1) is 16.9 Å². The summed E-state index contributed by atoms with van der Waals surface area (Å²) in [5.41, 5.74) is 2.16. The van der Waals surface area contributed by atoms with E-state index in [2.05, 4.69) is 28.1 Å². The van der Waals surface area contributed by atoms with Gasteiger partial charge in [-0.1, -0.05) is 48.6 Å². The predicted octanol–water partition coefficient (Wildman–Crippen LogP) is 3.07. The van der Waals surface area contributed by atoms with E-state index in [0.29, 0.717) is 0 Å². The summed E-state index contributed by atoms with van der Waals surface area (Å²) in [6.07, 6.45) is 0. The van der Waals surface area contributed by atoms with Crippen LogP contribution in [0.5, 0.6) is 0 Å². The molecule has 0 aliphatic heterocycles. The third kappa shape index (κ3) is 5.01. The zero-order valence-corrected chi connectivity index (χ0v) is 17.6. The first kappa shape index (κ1) is 21.4. The van der Waals surface area contributed by atoms with Gasteiger partial charge in [-0.2, -0.15) is 16.8 Å². The number of hydrogen-bond acceptors (Lipinski definition) is 9. The second-order valence-electron chi connectivity index (χ2n) is 5.56. The van der Waals surface area contributed by atoms with Crippen LogP contribution in [0.4, 0.5) is 5.95 Å². The zero-order chi connectivity index (χ0) is 21.2. The maximum absolute atomic E-state index is 12.7. The molecule has 3 rings (SSSR count). The Hall–Kier alpha value is -2.29. The first-order valence-electron chi connectivity index (χ1n) is 7.74. The van der Waals surface area contributed by atoms with Crippen molar-refractivity contribution in [1.82, 2.24) is 9.97 Å². The van der Waals surface area contributed by atoms with Crippen LogP contribution in [0.1, 0.15) is 0 Å². The average molecular weight is 472 g/mol. The Balaban J connectivity index is 2.04. The molecule has 0 spiro atoms. The molecule has 9 nitrogen and oxygen atoms in total. The molecule has 3 N–H and O–H groups in total. The fourth-order valence-corrected chi connectivity index (χ4v) is 4.66. The van der Waals surface area contributed by atoms with Crippen molar-refractivity contribution in [2.24, 2.45) is 0 Å². The van der Waals surface area contributed by atoms with Crippen LogP contribution in [0.2, 0.25) is 0 Å². The third-order valence-corrected chi connectivity index (χ3v) is 6.15. The Morgan fingerprint density at radius 3 is 2.14 bits per heavy atom. The summed E-state index contributed by atoms with van der Waals surface area (Å²) in [5.74, 6) is -0.0955. The minimum atomic E-state index is -4.60. The molecule has 0 fully saturated rings. The molecule has 0 aliphatic rings. The van der Waals surface area contributed by atoms with E-state index >= 15 is 0 Å². The number of hydrogen-bond donors (Lipinski definition) is 4. The lowest BCUT2D eigenvalue weighted by atomic mass is 10.1. The number of nitrogens with zero attached hydrogens (tertiary/aromatic N) is 1. The summed E-state index contributed by atoms with van der Waals surface area (Å²) < 4.78 is 63.4. The van der Waals surface area contributed by atoms with Gasteiger partial charge in [0.2, 0.25) is 5.95 Å². The van der Waals surface area contributed by atoms with Crippen molar-refractivity contribution in [2.75, 3.05) is 5.48 Å². The van der Waals surface area contributed by atoms with Crippen LogP contribution < -0.4 is 5.48 Å². The molecule has 3 aromatic rings. The largest absolute Gasteiger partial charge is 0.318 e. The van der Waals surface area contributed by atoms with E-state index in [1.807, 2.05) is 0 Å². The molecule has 0 atom stereocenters. The van der Waals surface area contributed by atoms with E-state index in [9.17, 15) is 21.4 Å². The topological polar surface area (TPSA) is 138 Å². The van der Waals surface area contributed by atoms with Crippen LogP contribution in [0.15, 0.2) is 69.4 Å². The highest BCUT2D eigenvalue weighted by Crippen LogP contribution is 2.33. The van der Waals surface area contributed by atoms with Gasteiger partial charge in [0.05, 0.1) is 5.03 Å². The fourth-order valence-electron chi connectivity index (χ4n) is 2.45. The average Bonchev–Trinajstić information content (AvgIpc) is 2.65. The number of aromatic nitrogens is 2. The van der Waals surface area contributed by atoms with E-state index in [-0.39, 0.29) is 31.6 Å². The molecular weight excluding hydrogens is 458 g/mol. The standard InChI is InChI=1S/C16H13N3O6S4/c20-28(21,22)12-7-3-1-5-10(12)11-6-2-4-8-13(11)29(23,24)25-19-16-17-14(26)9-15(27)18-16/h1-9H,(H,20,21,22)(H3,17,18,19,26,27). The van der Waals surface area contributed by atoms with E-state index in [0.717, 1.165) is 6.07 Å². The Kier molecular flexibility index (Phi) is 6.07. The highest BCUT2D eigenvalue weighted by molar-refractivity contribution is 7.87. The third-order valence-electron chi connectivity index (χ3n) is 3.59. The molecule has 0 saturated heterocycles. The summed E-state index contributed by atoms with van der Waals surface area (Å²) in [6, 6.07) is 12.5. The minimum Gasteiger partial charge on any atom is -0.315 e. The first-order valence-corrected chi connectivity index (χ1v) is 11.4. The Morgan fingerprint density at radius 2 is 1.55 bits per heavy atom. The Labute approximate surface area is 177 Å². The van der Waals surface area contributed by atoms with Gasteiger partial charge in [-0.25, -0.2) is 10.5 Å². The second kappa shape index (κ2) is 8.22. The van der Waals surface area contributed by atoms with E-state index in [1.165, 1.54) is 48.5 Å². The van der Waals surface area contributed by atoms with Crippen LogP contribution in [-0.2, 0) is 24.5 Å². The molecule has 13 heteroatoms. The second-order valence-corrected chi connectivity index (χ2v) is 9.36. The lowest BCUT2D eigenvalue weighted by molar-refractivity contribution is 0.386. The molecule has 0 radical (unpaired) electrons. The van der Waals surface area contributed by atoms with Crippen molar-refractivity contribution < 1.29 is 25.7 Å². The number of H-pyrrole nitrogens is 1. The molecule has 0 amide bonds. The van der Waals surface area contributed by atoms with E-state index < -0.39 is 25.1 Å². The predicted molar refractivity (Wildman–Crippen MR) is 110 cm³/mol. The number of nitrogens with one attached hydrogen (secondary N) is 2. The lowest BCUT2D eigenvalue weighted by Gasteiger charge is -2.13. The lowest BCUT2D eigenvalue weighted by Crippen LogP contribution is -2.14. The molecular formula is C16H13N3O6S4. The van der Waals surface area contributed by atoms with Gasteiger partial charge < -0.3 is 4.98 Å². The molecule has 2 aromatic carbocycles. The first-order chi connectivity index (χ1) is 13.6. The van der Waals surface area contributed by atoms with Crippen LogP contribution in [0.25, 0.3) is 11.1 Å². The van der Waals surface area contributed by atoms with Crippen LogP contribution >= 0.6 is 24.8 Å². The Morgan fingerprint density at radius 1 is 1.00 bits per heavy atom. The SMILES string of the molecule is O=S(=O)(O)c1ccccc1-c1ccccc1S(=O)(=O)ONc1nc(S)cc(=S)[nH]1. The quantitative estimate of drug-likeness (QED) is 0.140. The highest BCUT2D eigenvalue weighted by Gasteiger charge is 2.25. The van der Waals surface area contributed by atoms with Gasteiger partial charge >= 0.3 is 10.1 Å². The number of thiol groups is 1. The van der Waals surface area contributed by atoms with Crippen molar-refractivity contribution >= 4 is 51.0 Å². The van der Waals surface area contributed by atoms with Crippen molar-refractivity contribution in [3.8, 4) is 11.1 Å². The van der Waals surface area contributed by atoms with Gasteiger partial charge in [0.25, 0.3) is 10.1 Å². The van der Waals surface area contributed by atoms with E-state index in [4.69, 9.17) is 16.5 Å². The van der Waals surface area contributed by atoms with Crippen molar-refractivity contribution in [2.45, 2.75) is 14.8 Å². The van der Waals surface area contributed by atoms with Crippen LogP contribution in [0, 0.1) is 4.64 Å². The van der Waals surface area contributed by atoms with Crippen LogP contribution in [0.3, 0.4) is 0 Å². The number of benzene rings is 2. The molecule has 1 aromatic heterocycles. The zero-order valence-electron chi connectivity index (χ0n) is 14.3. The van der Waals surface area contributed by atoms with Gasteiger partial charge in [0.15, 0.2) is 0 Å². The number of anilines is 1. The normalized spacial score (nSPS) is 11.9. The van der Waals surface area contributed by atoms with E-state index in [1.54, 1.807) is 0 Å². The number of rotatable bonds is 6. The minimum absolute atomic E-state index is 0.00679.